The summed E-state index contributed by atoms with van der Waals surface area (Å²) < 4.78 is 28.8. The van der Waals surface area contributed by atoms with E-state index < -0.39 is 6.10 Å². The fourth-order valence-electron chi connectivity index (χ4n) is 4.53. The summed E-state index contributed by atoms with van der Waals surface area (Å²) in [6.45, 7) is 1.06. The van der Waals surface area contributed by atoms with Crippen LogP contribution in [0, 0.1) is 0 Å². The number of benzene rings is 1. The van der Waals surface area contributed by atoms with Crippen LogP contribution in [0.25, 0.3) is 0 Å². The van der Waals surface area contributed by atoms with Gasteiger partial charge in [-0.1, -0.05) is 30.3 Å². The van der Waals surface area contributed by atoms with Gasteiger partial charge in [0.1, 0.15) is 12.2 Å². The molecule has 1 N–H and O–H groups in total. The van der Waals surface area contributed by atoms with Crippen LogP contribution in [0.3, 0.4) is 0 Å². The maximum absolute atomic E-state index is 11.5. The van der Waals surface area contributed by atoms with Crippen molar-refractivity contribution in [2.45, 2.75) is 81.4 Å². The Morgan fingerprint density at radius 2 is 1.93 bits per heavy atom. The highest BCUT2D eigenvalue weighted by molar-refractivity contribution is 5.69. The average molecular weight is 406 g/mol. The zero-order valence-electron chi connectivity index (χ0n) is 16.8. The molecule has 1 aromatic carbocycles. The molecule has 0 radical (unpaired) electrons. The molecule has 0 aliphatic carbocycles. The van der Waals surface area contributed by atoms with E-state index in [2.05, 4.69) is 0 Å². The highest BCUT2D eigenvalue weighted by Gasteiger charge is 2.51. The van der Waals surface area contributed by atoms with Gasteiger partial charge in [-0.15, -0.1) is 0 Å². The van der Waals surface area contributed by atoms with Gasteiger partial charge in [0, 0.05) is 13.0 Å². The molecular weight excluding hydrogens is 376 g/mol. The minimum Gasteiger partial charge on any atom is -0.469 e. The number of carbonyl (C=O) groups is 1. The van der Waals surface area contributed by atoms with Crippen LogP contribution in [0.15, 0.2) is 30.3 Å². The lowest BCUT2D eigenvalue weighted by Gasteiger charge is -2.43. The van der Waals surface area contributed by atoms with Crippen molar-refractivity contribution in [2.24, 2.45) is 0 Å². The quantitative estimate of drug-likeness (QED) is 0.548. The summed E-state index contributed by atoms with van der Waals surface area (Å²) in [5.74, 6) is -0.258. The van der Waals surface area contributed by atoms with Crippen molar-refractivity contribution in [1.82, 2.24) is 0 Å². The molecule has 0 aromatic heterocycles. The molecule has 0 amide bonds. The molecule has 3 aliphatic heterocycles. The summed E-state index contributed by atoms with van der Waals surface area (Å²) in [6.07, 6.45) is 1.33. The lowest BCUT2D eigenvalue weighted by atomic mass is 9.90. The minimum atomic E-state index is -0.658. The lowest BCUT2D eigenvalue weighted by Crippen LogP contribution is -2.53. The average Bonchev–Trinajstić information content (AvgIpc) is 3.05. The Morgan fingerprint density at radius 1 is 1.10 bits per heavy atom. The Bertz CT molecular complexity index is 666. The third kappa shape index (κ3) is 4.98. The first-order valence-corrected chi connectivity index (χ1v) is 10.5. The first-order chi connectivity index (χ1) is 14.1. The molecule has 7 heteroatoms. The standard InChI is InChI=1S/C22H30O7/c1-25-20(23)11-15-7-8-16-18(27-15)12-19-22(29-16)21(24)17(28-19)9-10-26-13-14-5-3-2-4-6-14/h2-6,15-19,21-22,24H,7-13H2,1H3/t15?,16-,17?,18+,19-,21+,22+/m0/s1. The molecule has 7 atom stereocenters. The first kappa shape index (κ1) is 20.8. The van der Waals surface area contributed by atoms with Gasteiger partial charge in [0.05, 0.1) is 50.7 Å². The third-order valence-corrected chi connectivity index (χ3v) is 6.07. The van der Waals surface area contributed by atoms with Crippen molar-refractivity contribution in [3.63, 3.8) is 0 Å². The smallest absolute Gasteiger partial charge is 0.308 e. The van der Waals surface area contributed by atoms with Crippen LogP contribution in [0.4, 0.5) is 0 Å². The summed E-state index contributed by atoms with van der Waals surface area (Å²) in [7, 11) is 1.39. The zero-order valence-corrected chi connectivity index (χ0v) is 16.8. The van der Waals surface area contributed by atoms with E-state index in [1.54, 1.807) is 0 Å². The Kier molecular flexibility index (Phi) is 6.82. The van der Waals surface area contributed by atoms with Crippen molar-refractivity contribution < 1.29 is 33.6 Å². The Hall–Kier alpha value is -1.51. The Morgan fingerprint density at radius 3 is 2.72 bits per heavy atom. The van der Waals surface area contributed by atoms with E-state index in [9.17, 15) is 9.90 Å². The summed E-state index contributed by atoms with van der Waals surface area (Å²) in [4.78, 5) is 11.5. The van der Waals surface area contributed by atoms with Gasteiger partial charge in [0.25, 0.3) is 0 Å². The van der Waals surface area contributed by atoms with Gasteiger partial charge in [0.15, 0.2) is 0 Å². The number of carbonyl (C=O) groups excluding carboxylic acids is 1. The van der Waals surface area contributed by atoms with Crippen molar-refractivity contribution >= 4 is 5.97 Å². The van der Waals surface area contributed by atoms with Gasteiger partial charge in [-0.3, -0.25) is 4.79 Å². The van der Waals surface area contributed by atoms with Crippen LogP contribution in [0.2, 0.25) is 0 Å². The van der Waals surface area contributed by atoms with Gasteiger partial charge < -0.3 is 28.8 Å². The van der Waals surface area contributed by atoms with Crippen molar-refractivity contribution in [3.8, 4) is 0 Å². The number of esters is 1. The number of hydrogen-bond donors (Lipinski definition) is 1. The fourth-order valence-corrected chi connectivity index (χ4v) is 4.53. The largest absolute Gasteiger partial charge is 0.469 e. The van der Waals surface area contributed by atoms with E-state index in [1.807, 2.05) is 30.3 Å². The Labute approximate surface area is 171 Å². The highest BCUT2D eigenvalue weighted by atomic mass is 16.6. The number of aliphatic hydroxyl groups is 1. The van der Waals surface area contributed by atoms with Crippen LogP contribution in [-0.4, -0.2) is 67.5 Å². The van der Waals surface area contributed by atoms with Crippen LogP contribution in [-0.2, 0) is 35.1 Å². The summed E-state index contributed by atoms with van der Waals surface area (Å²) in [5, 5.41) is 10.7. The normalized spacial score (nSPS) is 36.3. The van der Waals surface area contributed by atoms with Crippen LogP contribution in [0.5, 0.6) is 0 Å². The van der Waals surface area contributed by atoms with Gasteiger partial charge in [-0.05, 0) is 24.8 Å². The lowest BCUT2D eigenvalue weighted by molar-refractivity contribution is -0.217. The summed E-state index contributed by atoms with van der Waals surface area (Å²) in [5.41, 5.74) is 1.13. The van der Waals surface area contributed by atoms with E-state index in [1.165, 1.54) is 7.11 Å². The number of methoxy groups -OCH3 is 1. The number of fused-ring (bicyclic) bond motifs is 2. The van der Waals surface area contributed by atoms with Crippen LogP contribution < -0.4 is 0 Å². The molecule has 3 saturated heterocycles. The molecule has 160 valence electrons. The molecule has 4 rings (SSSR count). The van der Waals surface area contributed by atoms with Crippen LogP contribution >= 0.6 is 0 Å². The number of aliphatic hydroxyl groups excluding tert-OH is 1. The maximum atomic E-state index is 11.5. The molecule has 29 heavy (non-hydrogen) atoms. The molecule has 3 heterocycles. The van der Waals surface area contributed by atoms with E-state index in [0.29, 0.717) is 26.1 Å². The van der Waals surface area contributed by atoms with E-state index >= 15 is 0 Å². The van der Waals surface area contributed by atoms with E-state index in [4.69, 9.17) is 23.7 Å². The Balaban J connectivity index is 1.24. The van der Waals surface area contributed by atoms with E-state index in [0.717, 1.165) is 18.4 Å². The zero-order chi connectivity index (χ0) is 20.2. The van der Waals surface area contributed by atoms with Gasteiger partial charge in [-0.2, -0.15) is 0 Å². The third-order valence-electron chi connectivity index (χ3n) is 6.07. The SMILES string of the molecule is COC(=O)CC1CC[C@@H]2O[C@@H]3[C@H](C[C@H]2O1)OC(CCOCc1ccccc1)[C@H]3O. The molecule has 0 spiro atoms. The van der Waals surface area contributed by atoms with Gasteiger partial charge >= 0.3 is 5.97 Å². The second kappa shape index (κ2) is 9.53. The predicted octanol–water partition coefficient (Wildman–Crippen LogP) is 1.99. The number of ether oxygens (including phenoxy) is 5. The second-order valence-corrected chi connectivity index (χ2v) is 8.06. The number of hydrogen-bond acceptors (Lipinski definition) is 7. The van der Waals surface area contributed by atoms with E-state index in [-0.39, 0.29) is 49.0 Å². The molecule has 3 aliphatic rings. The molecule has 0 saturated carbocycles. The second-order valence-electron chi connectivity index (χ2n) is 8.06. The van der Waals surface area contributed by atoms with Gasteiger partial charge in [0.2, 0.25) is 0 Å². The molecule has 0 bridgehead atoms. The van der Waals surface area contributed by atoms with Crippen molar-refractivity contribution in [2.75, 3.05) is 13.7 Å². The fraction of sp³-hybridized carbons (Fsp3) is 0.682. The molecular formula is C22H30O7. The monoisotopic (exact) mass is 406 g/mol. The van der Waals surface area contributed by atoms with Crippen LogP contribution in [0.1, 0.15) is 37.7 Å². The highest BCUT2D eigenvalue weighted by Crippen LogP contribution is 2.39. The first-order valence-electron chi connectivity index (χ1n) is 10.5. The molecule has 3 fully saturated rings. The molecule has 1 aromatic rings. The summed E-state index contributed by atoms with van der Waals surface area (Å²) in [6, 6.07) is 10.0. The van der Waals surface area contributed by atoms with Crippen molar-refractivity contribution in [3.05, 3.63) is 35.9 Å². The minimum absolute atomic E-state index is 0.0588. The topological polar surface area (TPSA) is 83.5 Å². The predicted molar refractivity (Wildman–Crippen MR) is 103 cm³/mol. The maximum Gasteiger partial charge on any atom is 0.308 e. The van der Waals surface area contributed by atoms with Gasteiger partial charge in [-0.25, -0.2) is 0 Å². The summed E-state index contributed by atoms with van der Waals surface area (Å²) >= 11 is 0. The molecule has 7 nitrogen and oxygen atoms in total. The number of rotatable bonds is 7. The molecule has 2 unspecified atom stereocenters. The van der Waals surface area contributed by atoms with Crippen molar-refractivity contribution in [1.29, 1.82) is 0 Å².